The summed E-state index contributed by atoms with van der Waals surface area (Å²) in [7, 11) is 0. The van der Waals surface area contributed by atoms with E-state index in [0.29, 0.717) is 20.0 Å². The van der Waals surface area contributed by atoms with Gasteiger partial charge in [-0.25, -0.2) is 0 Å². The Balaban J connectivity index is 0.000000461. The summed E-state index contributed by atoms with van der Waals surface area (Å²) in [5.41, 5.74) is 0. The Morgan fingerprint density at radius 1 is 1.27 bits per heavy atom. The van der Waals surface area contributed by atoms with E-state index >= 15 is 0 Å². The van der Waals surface area contributed by atoms with Gasteiger partial charge >= 0.3 is 0 Å². The molecule has 1 heterocycles. The van der Waals surface area contributed by atoms with E-state index in [9.17, 15) is 4.79 Å². The summed E-state index contributed by atoms with van der Waals surface area (Å²) < 4.78 is 9.80. The van der Waals surface area contributed by atoms with Gasteiger partial charge in [0, 0.05) is 0 Å². The molecule has 66 valence electrons. The lowest BCUT2D eigenvalue weighted by molar-refractivity contribution is -0.148. The van der Waals surface area contributed by atoms with E-state index in [1.807, 2.05) is 13.8 Å². The van der Waals surface area contributed by atoms with Crippen LogP contribution in [0.25, 0.3) is 0 Å². The summed E-state index contributed by atoms with van der Waals surface area (Å²) in [4.78, 5) is 10.6. The minimum Gasteiger partial charge on any atom is -0.355 e. The second-order valence-electron chi connectivity index (χ2n) is 2.17. The maximum Gasteiger partial charge on any atom is 0.146 e. The zero-order valence-electron chi connectivity index (χ0n) is 7.42. The average Bonchev–Trinajstić information content (AvgIpc) is 2.10. The molecule has 0 aromatic rings. The van der Waals surface area contributed by atoms with E-state index < -0.39 is 0 Å². The van der Waals surface area contributed by atoms with Gasteiger partial charge in [0.15, 0.2) is 0 Å². The van der Waals surface area contributed by atoms with Crippen molar-refractivity contribution >= 4 is 5.78 Å². The van der Waals surface area contributed by atoms with Crippen LogP contribution in [0.2, 0.25) is 0 Å². The minimum atomic E-state index is -0.0289. The van der Waals surface area contributed by atoms with Crippen LogP contribution in [-0.2, 0) is 14.3 Å². The number of hydrogen-bond acceptors (Lipinski definition) is 3. The molecule has 0 aromatic carbocycles. The molecule has 0 bridgehead atoms. The van der Waals surface area contributed by atoms with Gasteiger partial charge in [-0.1, -0.05) is 13.8 Å². The third-order valence-electron chi connectivity index (χ3n) is 1.38. The number of rotatable bonds is 1. The summed E-state index contributed by atoms with van der Waals surface area (Å²) in [6.45, 7) is 6.94. The molecule has 11 heavy (non-hydrogen) atoms. The molecule has 3 heteroatoms. The van der Waals surface area contributed by atoms with Crippen LogP contribution in [0.1, 0.15) is 20.8 Å². The molecule has 0 spiro atoms. The first kappa shape index (κ1) is 10.6. The Bertz CT molecular complexity index is 106. The summed E-state index contributed by atoms with van der Waals surface area (Å²) in [5, 5.41) is 0. The topological polar surface area (TPSA) is 35.5 Å². The molecule has 1 aliphatic rings. The van der Waals surface area contributed by atoms with Crippen molar-refractivity contribution in [2.24, 2.45) is 5.92 Å². The van der Waals surface area contributed by atoms with Crippen LogP contribution in [-0.4, -0.2) is 25.8 Å². The maximum absolute atomic E-state index is 10.6. The Morgan fingerprint density at radius 3 is 2.00 bits per heavy atom. The van der Waals surface area contributed by atoms with Crippen molar-refractivity contribution < 1.29 is 14.3 Å². The summed E-state index contributed by atoms with van der Waals surface area (Å²) in [5.74, 6) is 0.119. The second kappa shape index (κ2) is 6.31. The second-order valence-corrected chi connectivity index (χ2v) is 2.17. The molecular weight excluding hydrogens is 144 g/mol. The lowest BCUT2D eigenvalue weighted by Gasteiger charge is -2.19. The molecule has 1 rings (SSSR count). The van der Waals surface area contributed by atoms with Crippen LogP contribution in [0.3, 0.4) is 0 Å². The highest BCUT2D eigenvalue weighted by Gasteiger charge is 2.17. The quantitative estimate of drug-likeness (QED) is 0.578. The van der Waals surface area contributed by atoms with Gasteiger partial charge in [0.2, 0.25) is 0 Å². The molecule has 0 atom stereocenters. The van der Waals surface area contributed by atoms with Crippen LogP contribution < -0.4 is 0 Å². The van der Waals surface area contributed by atoms with E-state index in [4.69, 9.17) is 9.47 Å². The van der Waals surface area contributed by atoms with Gasteiger partial charge in [0.25, 0.3) is 0 Å². The van der Waals surface area contributed by atoms with Crippen LogP contribution in [0, 0.1) is 5.92 Å². The fraction of sp³-hybridized carbons (Fsp3) is 0.875. The van der Waals surface area contributed by atoms with Gasteiger partial charge < -0.3 is 9.47 Å². The van der Waals surface area contributed by atoms with Crippen LogP contribution >= 0.6 is 0 Å². The van der Waals surface area contributed by atoms with Crippen LogP contribution in [0.5, 0.6) is 0 Å². The SMILES string of the molecule is CC.CC(=O)C1COCOC1. The van der Waals surface area contributed by atoms with Gasteiger partial charge in [-0.3, -0.25) is 4.79 Å². The Morgan fingerprint density at radius 2 is 1.73 bits per heavy atom. The van der Waals surface area contributed by atoms with Crippen molar-refractivity contribution in [2.75, 3.05) is 20.0 Å². The molecule has 0 saturated carbocycles. The lowest BCUT2D eigenvalue weighted by Crippen LogP contribution is -2.29. The third kappa shape index (κ3) is 4.11. The van der Waals surface area contributed by atoms with Crippen molar-refractivity contribution in [3.05, 3.63) is 0 Å². The molecule has 0 unspecified atom stereocenters. The molecule has 1 aliphatic heterocycles. The van der Waals surface area contributed by atoms with Crippen molar-refractivity contribution in [2.45, 2.75) is 20.8 Å². The first-order valence-corrected chi connectivity index (χ1v) is 3.96. The smallest absolute Gasteiger partial charge is 0.146 e. The van der Waals surface area contributed by atoms with Crippen LogP contribution in [0.15, 0.2) is 0 Å². The Hall–Kier alpha value is -0.410. The molecule has 0 radical (unpaired) electrons. The molecule has 1 saturated heterocycles. The van der Waals surface area contributed by atoms with Crippen molar-refractivity contribution in [3.63, 3.8) is 0 Å². The highest BCUT2D eigenvalue weighted by atomic mass is 16.7. The maximum atomic E-state index is 10.6. The fourth-order valence-electron chi connectivity index (χ4n) is 0.722. The molecule has 3 nitrogen and oxygen atoms in total. The molecule has 0 amide bonds. The summed E-state index contributed by atoms with van der Waals surface area (Å²) in [6, 6.07) is 0. The van der Waals surface area contributed by atoms with Crippen molar-refractivity contribution in [1.29, 1.82) is 0 Å². The molecule has 0 aliphatic carbocycles. The van der Waals surface area contributed by atoms with E-state index in [2.05, 4.69) is 0 Å². The highest BCUT2D eigenvalue weighted by molar-refractivity contribution is 5.78. The predicted molar refractivity (Wildman–Crippen MR) is 42.3 cm³/mol. The molecule has 0 N–H and O–H groups in total. The average molecular weight is 160 g/mol. The first-order valence-electron chi connectivity index (χ1n) is 3.96. The number of ether oxygens (including phenoxy) is 2. The zero-order chi connectivity index (χ0) is 8.69. The van der Waals surface area contributed by atoms with Gasteiger partial charge in [0.05, 0.1) is 19.1 Å². The minimum absolute atomic E-state index is 0.0289. The predicted octanol–water partition coefficient (Wildman–Crippen LogP) is 1.22. The molecule has 1 fully saturated rings. The molecule has 0 aromatic heterocycles. The van der Waals surface area contributed by atoms with Gasteiger partial charge in [-0.15, -0.1) is 0 Å². The van der Waals surface area contributed by atoms with E-state index in [1.54, 1.807) is 6.92 Å². The van der Waals surface area contributed by atoms with Gasteiger partial charge in [-0.05, 0) is 6.92 Å². The summed E-state index contributed by atoms with van der Waals surface area (Å²) >= 11 is 0. The number of Topliss-reactive ketones (excluding diaryl/α,β-unsaturated/α-hetero) is 1. The van der Waals surface area contributed by atoms with E-state index in [1.165, 1.54) is 0 Å². The largest absolute Gasteiger partial charge is 0.355 e. The highest BCUT2D eigenvalue weighted by Crippen LogP contribution is 2.05. The fourth-order valence-corrected chi connectivity index (χ4v) is 0.722. The monoisotopic (exact) mass is 160 g/mol. The van der Waals surface area contributed by atoms with Gasteiger partial charge in [-0.2, -0.15) is 0 Å². The number of ketones is 1. The van der Waals surface area contributed by atoms with Crippen LogP contribution in [0.4, 0.5) is 0 Å². The third-order valence-corrected chi connectivity index (χ3v) is 1.38. The summed E-state index contributed by atoms with van der Waals surface area (Å²) in [6.07, 6.45) is 0. The Labute approximate surface area is 67.7 Å². The van der Waals surface area contributed by atoms with E-state index in [-0.39, 0.29) is 11.7 Å². The normalized spacial score (nSPS) is 18.5. The van der Waals surface area contributed by atoms with Gasteiger partial charge in [0.1, 0.15) is 12.6 Å². The standard InChI is InChI=1S/C6H10O3.C2H6/c1-5(7)6-2-8-4-9-3-6;1-2/h6H,2-4H2,1H3;1-2H3. The first-order chi connectivity index (χ1) is 5.30. The Kier molecular flexibility index (Phi) is 6.07. The zero-order valence-corrected chi connectivity index (χ0v) is 7.42. The van der Waals surface area contributed by atoms with Crippen molar-refractivity contribution in [1.82, 2.24) is 0 Å². The number of hydrogen-bond donors (Lipinski definition) is 0. The number of carbonyl (C=O) groups is 1. The molecular formula is C8H16O3. The van der Waals surface area contributed by atoms with E-state index in [0.717, 1.165) is 0 Å². The number of carbonyl (C=O) groups excluding carboxylic acids is 1. The van der Waals surface area contributed by atoms with Crippen molar-refractivity contribution in [3.8, 4) is 0 Å². The lowest BCUT2D eigenvalue weighted by atomic mass is 10.1.